The zero-order valence-corrected chi connectivity index (χ0v) is 42.7. The molecule has 0 bridgehead atoms. The molecule has 0 radical (unpaired) electrons. The summed E-state index contributed by atoms with van der Waals surface area (Å²) >= 11 is 0. The van der Waals surface area contributed by atoms with Gasteiger partial charge in [-0.1, -0.05) is 261 Å². The van der Waals surface area contributed by atoms with E-state index in [9.17, 15) is 14.4 Å². The molecule has 0 saturated heterocycles. The van der Waals surface area contributed by atoms with Gasteiger partial charge in [-0.15, -0.1) is 0 Å². The van der Waals surface area contributed by atoms with Gasteiger partial charge in [-0.25, -0.2) is 0 Å². The summed E-state index contributed by atoms with van der Waals surface area (Å²) in [6, 6.07) is 0. The third kappa shape index (κ3) is 51.7. The maximum absolute atomic E-state index is 12.8. The lowest BCUT2D eigenvalue weighted by molar-refractivity contribution is -0.167. The quantitative estimate of drug-likeness (QED) is 0.0199. The van der Waals surface area contributed by atoms with Crippen LogP contribution in [0.3, 0.4) is 0 Å². The number of hydrogen-bond donors (Lipinski definition) is 0. The molecule has 0 fully saturated rings. The zero-order valence-electron chi connectivity index (χ0n) is 42.7. The van der Waals surface area contributed by atoms with E-state index in [1.807, 2.05) is 54.7 Å². The summed E-state index contributed by atoms with van der Waals surface area (Å²) in [7, 11) is 0. The van der Waals surface area contributed by atoms with E-state index >= 15 is 0 Å². The number of allylic oxidation sites excluding steroid dienone is 12. The van der Waals surface area contributed by atoms with Gasteiger partial charge in [0.2, 0.25) is 0 Å². The van der Waals surface area contributed by atoms with Gasteiger partial charge in [-0.3, -0.25) is 14.4 Å². The summed E-state index contributed by atoms with van der Waals surface area (Å²) < 4.78 is 16.8. The Hall–Kier alpha value is -3.15. The molecule has 6 heteroatoms. The number of hydrogen-bond acceptors (Lipinski definition) is 6. The minimum atomic E-state index is -0.803. The fourth-order valence-electron chi connectivity index (χ4n) is 7.70. The van der Waals surface area contributed by atoms with Crippen molar-refractivity contribution in [1.29, 1.82) is 0 Å². The first-order valence-electron chi connectivity index (χ1n) is 27.5. The number of carbonyl (C=O) groups is 3. The summed E-state index contributed by atoms with van der Waals surface area (Å²) in [4.78, 5) is 38.0. The highest BCUT2D eigenvalue weighted by molar-refractivity contribution is 5.71. The van der Waals surface area contributed by atoms with E-state index < -0.39 is 6.10 Å². The van der Waals surface area contributed by atoms with Crippen molar-refractivity contribution in [3.63, 3.8) is 0 Å². The first kappa shape index (κ1) is 61.9. The minimum Gasteiger partial charge on any atom is -0.462 e. The lowest BCUT2D eigenvalue weighted by Crippen LogP contribution is -2.30. The molecule has 65 heavy (non-hydrogen) atoms. The van der Waals surface area contributed by atoms with Crippen LogP contribution in [0.1, 0.15) is 265 Å². The maximum atomic E-state index is 12.8. The molecule has 0 heterocycles. The van der Waals surface area contributed by atoms with E-state index in [2.05, 4.69) is 39.0 Å². The van der Waals surface area contributed by atoms with Crippen LogP contribution in [-0.2, 0) is 28.6 Å². The molecule has 0 aromatic rings. The number of rotatable bonds is 49. The zero-order chi connectivity index (χ0) is 47.2. The van der Waals surface area contributed by atoms with Crippen LogP contribution in [0, 0.1) is 0 Å². The Kier molecular flexibility index (Phi) is 50.9. The summed E-state index contributed by atoms with van der Waals surface area (Å²) in [6.45, 7) is 6.45. The third-order valence-electron chi connectivity index (χ3n) is 11.8. The van der Waals surface area contributed by atoms with E-state index in [0.717, 1.165) is 51.4 Å². The molecule has 0 aliphatic heterocycles. The highest BCUT2D eigenvalue weighted by Crippen LogP contribution is 2.16. The molecule has 0 spiro atoms. The second-order valence-corrected chi connectivity index (χ2v) is 18.2. The monoisotopic (exact) mass is 907 g/mol. The molecule has 0 rings (SSSR count). The van der Waals surface area contributed by atoms with E-state index in [4.69, 9.17) is 14.2 Å². The molecule has 0 N–H and O–H groups in total. The lowest BCUT2D eigenvalue weighted by Gasteiger charge is -2.18. The maximum Gasteiger partial charge on any atom is 0.306 e. The van der Waals surface area contributed by atoms with E-state index in [0.29, 0.717) is 19.3 Å². The molecular weight excluding hydrogens is 805 g/mol. The molecule has 0 aliphatic rings. The first-order valence-corrected chi connectivity index (χ1v) is 27.5. The summed E-state index contributed by atoms with van der Waals surface area (Å²) in [5.74, 6) is -0.972. The fourth-order valence-corrected chi connectivity index (χ4v) is 7.70. The lowest BCUT2D eigenvalue weighted by atomic mass is 10.0. The SMILES string of the molecule is CC\C=C/C=C\C=C/C=C\C=C/CCCC(=O)OCC(COC(=O)CCCCCCCCC/C=C\CCCCCCCCCC)OC(=O)CCCCCCCCCCCCCCCCC. The Bertz CT molecular complexity index is 1230. The van der Waals surface area contributed by atoms with Crippen molar-refractivity contribution in [3.05, 3.63) is 72.9 Å². The largest absolute Gasteiger partial charge is 0.462 e. The molecule has 374 valence electrons. The third-order valence-corrected chi connectivity index (χ3v) is 11.8. The summed E-state index contributed by atoms with van der Waals surface area (Å²) in [5.41, 5.74) is 0. The molecule has 6 nitrogen and oxygen atoms in total. The highest BCUT2D eigenvalue weighted by atomic mass is 16.6. The molecular formula is C59H102O6. The standard InChI is InChI=1S/C59H102O6/c1-4-7-10-13-16-19-22-25-27-28-29-30-32-34-37-40-43-46-49-52-58(61)64-55-56(54-63-57(60)51-48-45-42-39-36-33-24-21-18-15-12-9-6-3)65-59(62)53-50-47-44-41-38-35-31-26-23-20-17-14-11-8-5-2/h9,12,15,18,21,24,28-29,33,36,39,42,56H,4-8,10-11,13-14,16-17,19-20,22-23,25-27,30-32,34-35,37-38,40-41,43-55H2,1-3H3/b12-9-,18-15-,24-21-,29-28-,36-33-,42-39-. The van der Waals surface area contributed by atoms with Crippen molar-refractivity contribution >= 4 is 17.9 Å². The van der Waals surface area contributed by atoms with Crippen LogP contribution in [0.15, 0.2) is 72.9 Å². The summed E-state index contributed by atoms with van der Waals surface area (Å²) in [6.07, 6.45) is 67.6. The van der Waals surface area contributed by atoms with Crippen molar-refractivity contribution in [2.24, 2.45) is 0 Å². The molecule has 1 atom stereocenters. The summed E-state index contributed by atoms with van der Waals surface area (Å²) in [5, 5.41) is 0. The second kappa shape index (κ2) is 53.5. The smallest absolute Gasteiger partial charge is 0.306 e. The van der Waals surface area contributed by atoms with Crippen molar-refractivity contribution in [2.75, 3.05) is 13.2 Å². The molecule has 0 amide bonds. The minimum absolute atomic E-state index is 0.0982. The van der Waals surface area contributed by atoms with Crippen LogP contribution in [-0.4, -0.2) is 37.2 Å². The van der Waals surface area contributed by atoms with E-state index in [-0.39, 0.29) is 37.5 Å². The molecule has 1 unspecified atom stereocenters. The average molecular weight is 907 g/mol. The fraction of sp³-hybridized carbons (Fsp3) is 0.746. The average Bonchev–Trinajstić information content (AvgIpc) is 3.30. The van der Waals surface area contributed by atoms with Gasteiger partial charge >= 0.3 is 17.9 Å². The molecule has 0 saturated carbocycles. The van der Waals surface area contributed by atoms with Gasteiger partial charge in [-0.2, -0.15) is 0 Å². The number of carbonyl (C=O) groups excluding carboxylic acids is 3. The van der Waals surface area contributed by atoms with Crippen LogP contribution in [0.5, 0.6) is 0 Å². The van der Waals surface area contributed by atoms with Gasteiger partial charge in [0.15, 0.2) is 6.10 Å². The highest BCUT2D eigenvalue weighted by Gasteiger charge is 2.19. The normalized spacial score (nSPS) is 12.6. The van der Waals surface area contributed by atoms with Gasteiger partial charge in [0, 0.05) is 19.3 Å². The van der Waals surface area contributed by atoms with Crippen LogP contribution < -0.4 is 0 Å². The van der Waals surface area contributed by atoms with Gasteiger partial charge in [0.25, 0.3) is 0 Å². The predicted octanol–water partition coefficient (Wildman–Crippen LogP) is 18.2. The Morgan fingerprint density at radius 2 is 0.631 bits per heavy atom. The van der Waals surface area contributed by atoms with Gasteiger partial charge in [-0.05, 0) is 57.8 Å². The van der Waals surface area contributed by atoms with Gasteiger partial charge < -0.3 is 14.2 Å². The van der Waals surface area contributed by atoms with Gasteiger partial charge in [0.05, 0.1) is 0 Å². The Balaban J connectivity index is 4.42. The van der Waals surface area contributed by atoms with E-state index in [1.165, 1.54) is 167 Å². The second-order valence-electron chi connectivity index (χ2n) is 18.2. The van der Waals surface area contributed by atoms with Crippen LogP contribution in [0.2, 0.25) is 0 Å². The predicted molar refractivity (Wildman–Crippen MR) is 279 cm³/mol. The van der Waals surface area contributed by atoms with Crippen LogP contribution in [0.25, 0.3) is 0 Å². The van der Waals surface area contributed by atoms with Crippen molar-refractivity contribution < 1.29 is 28.6 Å². The topological polar surface area (TPSA) is 78.9 Å². The molecule has 0 aliphatic carbocycles. The Morgan fingerprint density at radius 3 is 1.03 bits per heavy atom. The van der Waals surface area contributed by atoms with Crippen LogP contribution >= 0.6 is 0 Å². The number of ether oxygens (including phenoxy) is 3. The van der Waals surface area contributed by atoms with E-state index in [1.54, 1.807) is 0 Å². The van der Waals surface area contributed by atoms with Crippen molar-refractivity contribution in [1.82, 2.24) is 0 Å². The molecule has 0 aromatic carbocycles. The number of esters is 3. The Labute approximate surface area is 402 Å². The number of unbranched alkanes of at least 4 members (excludes halogenated alkanes) is 30. The van der Waals surface area contributed by atoms with Gasteiger partial charge in [0.1, 0.15) is 13.2 Å². The Morgan fingerprint density at radius 1 is 0.323 bits per heavy atom. The van der Waals surface area contributed by atoms with Crippen molar-refractivity contribution in [2.45, 2.75) is 271 Å². The van der Waals surface area contributed by atoms with Crippen molar-refractivity contribution in [3.8, 4) is 0 Å². The van der Waals surface area contributed by atoms with Crippen LogP contribution in [0.4, 0.5) is 0 Å². The first-order chi connectivity index (χ1) is 32.0. The molecule has 0 aromatic heterocycles.